The fraction of sp³-hybridized carbons (Fsp3) is 0.0385. The van der Waals surface area contributed by atoms with Crippen LogP contribution in [0, 0.1) is 0 Å². The summed E-state index contributed by atoms with van der Waals surface area (Å²) in [6.07, 6.45) is 7.98. The van der Waals surface area contributed by atoms with E-state index < -0.39 is 0 Å². The highest BCUT2D eigenvalue weighted by atomic mass is 15.1. The number of hydrogen-bond donors (Lipinski definition) is 0. The third-order valence-corrected chi connectivity index (χ3v) is 10.9. The zero-order valence-corrected chi connectivity index (χ0v) is 29.9. The van der Waals surface area contributed by atoms with Crippen molar-refractivity contribution < 1.29 is 0 Å². The molecule has 9 aromatic rings. The first-order valence-electron chi connectivity index (χ1n) is 18.8. The van der Waals surface area contributed by atoms with Gasteiger partial charge in [0.05, 0.1) is 11.0 Å². The van der Waals surface area contributed by atoms with E-state index in [2.05, 4.69) is 222 Å². The second-order valence-corrected chi connectivity index (χ2v) is 14.1. The Kier molecular flexibility index (Phi) is 8.00. The topological polar surface area (TPSA) is 8.17 Å². The van der Waals surface area contributed by atoms with Crippen LogP contribution in [0.15, 0.2) is 218 Å². The smallest absolute Gasteiger partial charge is 0.0619 e. The molecule has 1 aromatic heterocycles. The SMILES string of the molecule is C1=CC(c2ccccc2)CC=C1N(c1ccc(-c2ccccc2)cc1)c1ccc(-c2ccc(-n3c4ccccc4c4ccc5ccccc5c43)cc2)cc1. The summed E-state index contributed by atoms with van der Waals surface area (Å²) >= 11 is 0. The van der Waals surface area contributed by atoms with Gasteiger partial charge in [-0.15, -0.1) is 0 Å². The molecule has 1 heterocycles. The molecule has 1 aliphatic rings. The third-order valence-electron chi connectivity index (χ3n) is 10.9. The van der Waals surface area contributed by atoms with Crippen LogP contribution in [0.3, 0.4) is 0 Å². The van der Waals surface area contributed by atoms with Crippen molar-refractivity contribution in [2.45, 2.75) is 12.3 Å². The van der Waals surface area contributed by atoms with Gasteiger partial charge < -0.3 is 9.47 Å². The number of nitrogens with zero attached hydrogens (tertiary/aromatic N) is 2. The molecule has 0 saturated carbocycles. The summed E-state index contributed by atoms with van der Waals surface area (Å²) in [6, 6.07) is 70.3. The molecular weight excluding hydrogens is 653 g/mol. The number of anilines is 2. The van der Waals surface area contributed by atoms with Crippen LogP contribution < -0.4 is 4.90 Å². The van der Waals surface area contributed by atoms with Crippen LogP contribution >= 0.6 is 0 Å². The molecule has 0 bridgehead atoms. The lowest BCUT2D eigenvalue weighted by molar-refractivity contribution is 0.840. The molecule has 0 aliphatic heterocycles. The average Bonchev–Trinajstić information content (AvgIpc) is 3.60. The molecule has 54 heavy (non-hydrogen) atoms. The van der Waals surface area contributed by atoms with Crippen molar-refractivity contribution in [2.24, 2.45) is 0 Å². The van der Waals surface area contributed by atoms with Crippen molar-refractivity contribution in [1.82, 2.24) is 4.57 Å². The van der Waals surface area contributed by atoms with E-state index in [1.807, 2.05) is 0 Å². The minimum atomic E-state index is 0.379. The summed E-state index contributed by atoms with van der Waals surface area (Å²) in [6.45, 7) is 0. The second-order valence-electron chi connectivity index (χ2n) is 14.1. The lowest BCUT2D eigenvalue weighted by Gasteiger charge is -2.29. The average molecular weight is 691 g/mol. The predicted octanol–water partition coefficient (Wildman–Crippen LogP) is 14.0. The number of hydrogen-bond acceptors (Lipinski definition) is 1. The maximum atomic E-state index is 2.43. The first-order valence-corrected chi connectivity index (χ1v) is 18.8. The monoisotopic (exact) mass is 690 g/mol. The summed E-state index contributed by atoms with van der Waals surface area (Å²) in [5.74, 6) is 0.379. The van der Waals surface area contributed by atoms with Gasteiger partial charge in [0, 0.05) is 44.8 Å². The highest BCUT2D eigenvalue weighted by Crippen LogP contribution is 2.39. The lowest BCUT2D eigenvalue weighted by Crippen LogP contribution is -2.17. The number of para-hydroxylation sites is 1. The largest absolute Gasteiger partial charge is 0.311 e. The van der Waals surface area contributed by atoms with Crippen LogP contribution in [0.2, 0.25) is 0 Å². The van der Waals surface area contributed by atoms with Gasteiger partial charge in [-0.2, -0.15) is 0 Å². The van der Waals surface area contributed by atoms with Crippen LogP contribution in [0.1, 0.15) is 17.9 Å². The number of benzene rings is 8. The fourth-order valence-electron chi connectivity index (χ4n) is 8.21. The van der Waals surface area contributed by atoms with E-state index in [0.717, 1.165) is 23.5 Å². The van der Waals surface area contributed by atoms with Gasteiger partial charge in [-0.25, -0.2) is 0 Å². The molecule has 1 atom stereocenters. The Bertz CT molecular complexity index is 2810. The summed E-state index contributed by atoms with van der Waals surface area (Å²) in [4.78, 5) is 2.38. The van der Waals surface area contributed by atoms with Gasteiger partial charge in [-0.05, 0) is 88.2 Å². The number of fused-ring (bicyclic) bond motifs is 5. The zero-order chi connectivity index (χ0) is 35.8. The van der Waals surface area contributed by atoms with Gasteiger partial charge in [-0.1, -0.05) is 164 Å². The van der Waals surface area contributed by atoms with Crippen LogP contribution in [-0.2, 0) is 0 Å². The Morgan fingerprint density at radius 3 is 1.65 bits per heavy atom. The van der Waals surface area contributed by atoms with Crippen molar-refractivity contribution in [2.75, 3.05) is 4.90 Å². The minimum absolute atomic E-state index is 0.379. The van der Waals surface area contributed by atoms with E-state index in [4.69, 9.17) is 0 Å². The molecule has 0 spiro atoms. The summed E-state index contributed by atoms with van der Waals surface area (Å²) in [5.41, 5.74) is 13.3. The van der Waals surface area contributed by atoms with Crippen molar-refractivity contribution in [3.05, 3.63) is 224 Å². The molecule has 1 aliphatic carbocycles. The Labute approximate surface area is 316 Å². The summed E-state index contributed by atoms with van der Waals surface area (Å²) < 4.78 is 2.43. The van der Waals surface area contributed by atoms with Crippen LogP contribution in [0.4, 0.5) is 11.4 Å². The van der Waals surface area contributed by atoms with E-state index in [1.165, 1.54) is 66.1 Å². The van der Waals surface area contributed by atoms with Crippen LogP contribution in [0.25, 0.3) is 60.5 Å². The Hall–Kier alpha value is -6.90. The minimum Gasteiger partial charge on any atom is -0.311 e. The Morgan fingerprint density at radius 2 is 1.00 bits per heavy atom. The standard InChI is InChI=1S/C52H38N2/c1-3-11-37(12-4-1)39-19-28-44(29-20-39)53(45-30-21-40(22-31-45)38-13-5-2-6-14-38)46-32-23-41(24-33-46)42-25-34-47(35-26-42)54-51-18-10-9-17-49(51)50-36-27-43-15-7-8-16-48(43)52(50)54/h1-21,23-36,40H,22H2. The van der Waals surface area contributed by atoms with E-state index >= 15 is 0 Å². The Balaban J connectivity index is 0.990. The van der Waals surface area contributed by atoms with Crippen molar-refractivity contribution in [3.63, 3.8) is 0 Å². The number of rotatable bonds is 7. The highest BCUT2D eigenvalue weighted by molar-refractivity contribution is 6.18. The zero-order valence-electron chi connectivity index (χ0n) is 29.9. The van der Waals surface area contributed by atoms with Gasteiger partial charge in [0.2, 0.25) is 0 Å². The summed E-state index contributed by atoms with van der Waals surface area (Å²) in [7, 11) is 0. The molecule has 2 nitrogen and oxygen atoms in total. The highest BCUT2D eigenvalue weighted by Gasteiger charge is 2.19. The Morgan fingerprint density at radius 1 is 0.444 bits per heavy atom. The van der Waals surface area contributed by atoms with Crippen molar-refractivity contribution >= 4 is 44.0 Å². The van der Waals surface area contributed by atoms with Crippen molar-refractivity contribution in [3.8, 4) is 27.9 Å². The fourth-order valence-corrected chi connectivity index (χ4v) is 8.21. The van der Waals surface area contributed by atoms with Gasteiger partial charge in [0.15, 0.2) is 0 Å². The molecule has 256 valence electrons. The quantitative estimate of drug-likeness (QED) is 0.162. The van der Waals surface area contributed by atoms with Gasteiger partial charge in [-0.3, -0.25) is 0 Å². The molecule has 0 N–H and O–H groups in total. The molecule has 0 radical (unpaired) electrons. The van der Waals surface area contributed by atoms with Crippen molar-refractivity contribution in [1.29, 1.82) is 0 Å². The second kappa shape index (κ2) is 13.6. The molecule has 10 rings (SSSR count). The molecular formula is C52H38N2. The molecule has 8 aromatic carbocycles. The predicted molar refractivity (Wildman–Crippen MR) is 229 cm³/mol. The third kappa shape index (κ3) is 5.70. The van der Waals surface area contributed by atoms with Gasteiger partial charge >= 0.3 is 0 Å². The molecule has 0 amide bonds. The first-order chi connectivity index (χ1) is 26.8. The molecule has 0 saturated heterocycles. The molecule has 0 fully saturated rings. The maximum Gasteiger partial charge on any atom is 0.0619 e. The first kappa shape index (κ1) is 31.8. The number of allylic oxidation sites excluding steroid dienone is 3. The number of aromatic nitrogens is 1. The van der Waals surface area contributed by atoms with Crippen LogP contribution in [-0.4, -0.2) is 4.57 Å². The van der Waals surface area contributed by atoms with E-state index in [0.29, 0.717) is 5.92 Å². The van der Waals surface area contributed by atoms with E-state index in [-0.39, 0.29) is 0 Å². The maximum absolute atomic E-state index is 2.43. The van der Waals surface area contributed by atoms with Crippen LogP contribution in [0.5, 0.6) is 0 Å². The normalized spacial score (nSPS) is 14.1. The van der Waals surface area contributed by atoms with E-state index in [1.54, 1.807) is 0 Å². The lowest BCUT2D eigenvalue weighted by atomic mass is 9.91. The van der Waals surface area contributed by atoms with E-state index in [9.17, 15) is 0 Å². The van der Waals surface area contributed by atoms with Gasteiger partial charge in [0.25, 0.3) is 0 Å². The summed E-state index contributed by atoms with van der Waals surface area (Å²) in [5, 5.41) is 5.07. The molecule has 1 unspecified atom stereocenters. The van der Waals surface area contributed by atoms with Gasteiger partial charge in [0.1, 0.15) is 0 Å². The molecule has 2 heteroatoms.